The molecule has 0 aliphatic carbocycles. The van der Waals surface area contributed by atoms with Crippen LogP contribution in [0.15, 0.2) is 24.3 Å². The molecule has 100 valence electrons. The van der Waals surface area contributed by atoms with Gasteiger partial charge in [0.05, 0.1) is 19.1 Å². The number of methoxy groups -OCH3 is 1. The molecule has 0 aromatic heterocycles. The summed E-state index contributed by atoms with van der Waals surface area (Å²) in [4.78, 5) is 11.6. The fourth-order valence-corrected chi connectivity index (χ4v) is 1.76. The minimum atomic E-state index is -0.540. The molecule has 0 spiro atoms. The summed E-state index contributed by atoms with van der Waals surface area (Å²) >= 11 is 5.83. The van der Waals surface area contributed by atoms with Gasteiger partial charge in [0.1, 0.15) is 0 Å². The first-order chi connectivity index (χ1) is 8.61. The van der Waals surface area contributed by atoms with E-state index in [2.05, 4.69) is 5.32 Å². The summed E-state index contributed by atoms with van der Waals surface area (Å²) in [6, 6.07) is 7.20. The molecule has 0 aliphatic heterocycles. The molecule has 0 fully saturated rings. The highest BCUT2D eigenvalue weighted by atomic mass is 35.5. The summed E-state index contributed by atoms with van der Waals surface area (Å²) in [6.07, 6.45) is 0.234. The van der Waals surface area contributed by atoms with Gasteiger partial charge in [-0.25, -0.2) is 0 Å². The van der Waals surface area contributed by atoms with Gasteiger partial charge >= 0.3 is 0 Å². The first kappa shape index (κ1) is 15.0. The fraction of sp³-hybridized carbons (Fsp3) is 0.462. The maximum absolute atomic E-state index is 11.6. The summed E-state index contributed by atoms with van der Waals surface area (Å²) in [5, 5.41) is 12.8. The lowest BCUT2D eigenvalue weighted by Crippen LogP contribution is -2.29. The molecule has 1 aromatic rings. The Hall–Kier alpha value is -1.10. The van der Waals surface area contributed by atoms with Gasteiger partial charge < -0.3 is 15.2 Å². The minimum Gasteiger partial charge on any atom is -0.391 e. The van der Waals surface area contributed by atoms with Gasteiger partial charge in [-0.05, 0) is 24.1 Å². The predicted molar refractivity (Wildman–Crippen MR) is 70.7 cm³/mol. The Morgan fingerprint density at radius 2 is 2.33 bits per heavy atom. The summed E-state index contributed by atoms with van der Waals surface area (Å²) in [5.74, 6) is -0.0816. The number of ether oxygens (including phenoxy) is 1. The third kappa shape index (κ3) is 6.00. The Bertz CT molecular complexity index is 384. The average Bonchev–Trinajstić information content (AvgIpc) is 2.29. The first-order valence-corrected chi connectivity index (χ1v) is 6.17. The van der Waals surface area contributed by atoms with E-state index in [4.69, 9.17) is 16.3 Å². The van der Waals surface area contributed by atoms with Crippen LogP contribution in [0.25, 0.3) is 0 Å². The third-order valence-electron chi connectivity index (χ3n) is 2.41. The molecule has 1 rings (SSSR count). The number of amides is 1. The molecule has 1 aromatic carbocycles. The molecule has 1 amide bonds. The van der Waals surface area contributed by atoms with Gasteiger partial charge in [0, 0.05) is 18.7 Å². The highest BCUT2D eigenvalue weighted by Gasteiger charge is 2.06. The number of halogens is 1. The second-order valence-electron chi connectivity index (χ2n) is 4.05. The van der Waals surface area contributed by atoms with E-state index >= 15 is 0 Å². The van der Waals surface area contributed by atoms with E-state index in [-0.39, 0.29) is 12.5 Å². The lowest BCUT2D eigenvalue weighted by atomic mass is 10.1. The zero-order valence-electron chi connectivity index (χ0n) is 10.4. The number of aliphatic hydroxyl groups excluding tert-OH is 1. The molecule has 0 saturated heterocycles. The van der Waals surface area contributed by atoms with E-state index in [9.17, 15) is 9.90 Å². The molecule has 0 heterocycles. The molecule has 0 radical (unpaired) electrons. The molecule has 0 bridgehead atoms. The third-order valence-corrected chi connectivity index (χ3v) is 2.65. The number of aliphatic hydroxyl groups is 1. The second-order valence-corrected chi connectivity index (χ2v) is 4.49. The number of benzene rings is 1. The molecule has 1 atom stereocenters. The minimum absolute atomic E-state index is 0.0816. The van der Waals surface area contributed by atoms with Crippen molar-refractivity contribution in [1.29, 1.82) is 0 Å². The molecule has 4 nitrogen and oxygen atoms in total. The Kier molecular flexibility index (Phi) is 6.72. The van der Waals surface area contributed by atoms with Crippen molar-refractivity contribution in [3.8, 4) is 0 Å². The standard InChI is InChI=1S/C13H18ClNO3/c1-18-9-12(16)5-6-15-13(17)8-10-3-2-4-11(14)7-10/h2-4,7,12,16H,5-6,8-9H2,1H3,(H,15,17). The number of rotatable bonds is 7. The maximum atomic E-state index is 11.6. The van der Waals surface area contributed by atoms with Crippen molar-refractivity contribution in [1.82, 2.24) is 5.32 Å². The monoisotopic (exact) mass is 271 g/mol. The summed E-state index contributed by atoms with van der Waals surface area (Å²) < 4.78 is 4.79. The largest absolute Gasteiger partial charge is 0.391 e. The Morgan fingerprint density at radius 3 is 3.00 bits per heavy atom. The topological polar surface area (TPSA) is 58.6 Å². The van der Waals surface area contributed by atoms with Crippen LogP contribution >= 0.6 is 11.6 Å². The van der Waals surface area contributed by atoms with E-state index in [1.165, 1.54) is 7.11 Å². The van der Waals surface area contributed by atoms with Crippen LogP contribution in [-0.2, 0) is 16.0 Å². The molecule has 5 heteroatoms. The van der Waals surface area contributed by atoms with Crippen LogP contribution in [0, 0.1) is 0 Å². The number of hydrogen-bond acceptors (Lipinski definition) is 3. The van der Waals surface area contributed by atoms with Gasteiger partial charge in [-0.3, -0.25) is 4.79 Å². The average molecular weight is 272 g/mol. The maximum Gasteiger partial charge on any atom is 0.224 e. The van der Waals surface area contributed by atoms with Crippen LogP contribution in [0.2, 0.25) is 5.02 Å². The van der Waals surface area contributed by atoms with E-state index in [0.717, 1.165) is 5.56 Å². The number of carbonyl (C=O) groups excluding carboxylic acids is 1. The second kappa shape index (κ2) is 8.08. The van der Waals surface area contributed by atoms with E-state index < -0.39 is 6.10 Å². The smallest absolute Gasteiger partial charge is 0.224 e. The predicted octanol–water partition coefficient (Wildman–Crippen LogP) is 1.40. The van der Waals surface area contributed by atoms with Crippen LogP contribution in [0.1, 0.15) is 12.0 Å². The van der Waals surface area contributed by atoms with Crippen molar-refractivity contribution < 1.29 is 14.6 Å². The highest BCUT2D eigenvalue weighted by Crippen LogP contribution is 2.10. The molecule has 2 N–H and O–H groups in total. The van der Waals surface area contributed by atoms with Crippen LogP contribution < -0.4 is 5.32 Å². The zero-order valence-corrected chi connectivity index (χ0v) is 11.1. The lowest BCUT2D eigenvalue weighted by molar-refractivity contribution is -0.120. The van der Waals surface area contributed by atoms with Gasteiger partial charge in [0.2, 0.25) is 5.91 Å². The van der Waals surface area contributed by atoms with Crippen molar-refractivity contribution in [2.24, 2.45) is 0 Å². The van der Waals surface area contributed by atoms with Crippen LogP contribution in [-0.4, -0.2) is 37.4 Å². The van der Waals surface area contributed by atoms with Gasteiger partial charge in [0.25, 0.3) is 0 Å². The van der Waals surface area contributed by atoms with Crippen molar-refractivity contribution in [2.45, 2.75) is 18.9 Å². The van der Waals surface area contributed by atoms with Crippen molar-refractivity contribution in [3.63, 3.8) is 0 Å². The van der Waals surface area contributed by atoms with Crippen LogP contribution in [0.5, 0.6) is 0 Å². The fourth-order valence-electron chi connectivity index (χ4n) is 1.55. The van der Waals surface area contributed by atoms with Crippen LogP contribution in [0.4, 0.5) is 0 Å². The first-order valence-electron chi connectivity index (χ1n) is 5.80. The molecule has 1 unspecified atom stereocenters. The molecule has 18 heavy (non-hydrogen) atoms. The lowest BCUT2D eigenvalue weighted by Gasteiger charge is -2.10. The van der Waals surface area contributed by atoms with E-state index in [0.29, 0.717) is 24.4 Å². The van der Waals surface area contributed by atoms with E-state index in [1.54, 1.807) is 12.1 Å². The molecule has 0 aliphatic rings. The Morgan fingerprint density at radius 1 is 1.56 bits per heavy atom. The normalized spacial score (nSPS) is 12.2. The number of hydrogen-bond donors (Lipinski definition) is 2. The zero-order chi connectivity index (χ0) is 13.4. The SMILES string of the molecule is COCC(O)CCNC(=O)Cc1cccc(Cl)c1. The van der Waals surface area contributed by atoms with Crippen molar-refractivity contribution in [2.75, 3.05) is 20.3 Å². The molecular formula is C13H18ClNO3. The van der Waals surface area contributed by atoms with Crippen LogP contribution in [0.3, 0.4) is 0 Å². The quantitative estimate of drug-likeness (QED) is 0.788. The van der Waals surface area contributed by atoms with Crippen molar-refractivity contribution >= 4 is 17.5 Å². The van der Waals surface area contributed by atoms with Gasteiger partial charge in [-0.15, -0.1) is 0 Å². The summed E-state index contributed by atoms with van der Waals surface area (Å²) in [6.45, 7) is 0.716. The van der Waals surface area contributed by atoms with Gasteiger partial charge in [-0.1, -0.05) is 23.7 Å². The number of nitrogens with one attached hydrogen (secondary N) is 1. The Labute approximate surface area is 112 Å². The Balaban J connectivity index is 2.25. The van der Waals surface area contributed by atoms with E-state index in [1.807, 2.05) is 12.1 Å². The van der Waals surface area contributed by atoms with Gasteiger partial charge in [-0.2, -0.15) is 0 Å². The highest BCUT2D eigenvalue weighted by molar-refractivity contribution is 6.30. The molecular weight excluding hydrogens is 254 g/mol. The number of carbonyl (C=O) groups is 1. The van der Waals surface area contributed by atoms with Crippen molar-refractivity contribution in [3.05, 3.63) is 34.9 Å². The summed E-state index contributed by atoms with van der Waals surface area (Å²) in [7, 11) is 1.53. The molecule has 0 saturated carbocycles. The summed E-state index contributed by atoms with van der Waals surface area (Å²) in [5.41, 5.74) is 0.873. The van der Waals surface area contributed by atoms with Gasteiger partial charge in [0.15, 0.2) is 0 Å².